The van der Waals surface area contributed by atoms with Gasteiger partial charge >= 0.3 is 19.8 Å². The van der Waals surface area contributed by atoms with Crippen LogP contribution in [-0.4, -0.2) is 74.9 Å². The van der Waals surface area contributed by atoms with Gasteiger partial charge in [-0.25, -0.2) is 4.57 Å². The van der Waals surface area contributed by atoms with Crippen LogP contribution in [0.3, 0.4) is 0 Å². The number of hydrogen-bond acceptors (Lipinski definition) is 7. The summed E-state index contributed by atoms with van der Waals surface area (Å²) < 4.78 is 34.8. The number of allylic oxidation sites excluding steroid dienone is 14. The Bertz CT molecular complexity index is 1780. The maximum Gasteiger partial charge on any atom is 0.472 e. The van der Waals surface area contributed by atoms with Crippen LogP contribution >= 0.6 is 7.82 Å². The van der Waals surface area contributed by atoms with Gasteiger partial charge < -0.3 is 18.9 Å². The summed E-state index contributed by atoms with van der Waals surface area (Å²) in [5.74, 6) is -0.781. The summed E-state index contributed by atoms with van der Waals surface area (Å²) in [6.45, 7) is 4.38. The van der Waals surface area contributed by atoms with Crippen molar-refractivity contribution >= 4 is 19.8 Å². The fourth-order valence-electron chi connectivity index (χ4n) is 10.9. The van der Waals surface area contributed by atoms with Crippen molar-refractivity contribution in [2.75, 3.05) is 47.5 Å². The zero-order valence-electron chi connectivity index (χ0n) is 59.2. The van der Waals surface area contributed by atoms with Crippen molar-refractivity contribution in [3.63, 3.8) is 0 Å². The molecule has 0 radical (unpaired) electrons. The van der Waals surface area contributed by atoms with Gasteiger partial charge in [0.15, 0.2) is 6.10 Å². The Morgan fingerprint density at radius 2 is 0.640 bits per heavy atom. The predicted molar refractivity (Wildman–Crippen MR) is 385 cm³/mol. The number of carbonyl (C=O) groups excluding carboxylic acids is 2. The summed E-state index contributed by atoms with van der Waals surface area (Å²) in [5.41, 5.74) is 0. The molecule has 0 rings (SSSR count). The Kier molecular flexibility index (Phi) is 67.3. The first-order chi connectivity index (χ1) is 43.5. The van der Waals surface area contributed by atoms with Crippen molar-refractivity contribution in [1.82, 2.24) is 0 Å². The average Bonchev–Trinajstić information content (AvgIpc) is 3.60. The molecule has 0 aromatic carbocycles. The normalized spacial score (nSPS) is 13.6. The molecule has 2 atom stereocenters. The van der Waals surface area contributed by atoms with E-state index in [-0.39, 0.29) is 25.6 Å². The van der Waals surface area contributed by atoms with Crippen LogP contribution in [0.4, 0.5) is 0 Å². The lowest BCUT2D eigenvalue weighted by molar-refractivity contribution is -0.870. The standard InChI is InChI=1S/C79H144NO8P/c1-6-8-10-12-14-16-18-20-22-24-26-28-30-32-34-36-37-38-39-40-41-42-43-44-46-48-50-52-54-56-58-60-62-64-66-68-70-72-79(82)88-77(76-87-89(83,84)86-74-73-80(3,4)5)75-85-78(81)71-69-67-65-63-61-59-57-55-53-51-49-47-45-35-33-31-29-27-25-23-21-19-17-15-13-11-9-7-2/h8,10,14,16,20,22,26,28,32,34,37-38,40-41,77H,6-7,9,11-13,15,17-19,21,23-25,27,29-31,33,35-36,39,42-76H2,1-5H3/p+1/b10-8-,16-14-,22-20-,28-26-,34-32-,38-37-,41-40-. The van der Waals surface area contributed by atoms with Crippen LogP contribution in [0.25, 0.3) is 0 Å². The number of likely N-dealkylation sites (N-methyl/N-ethyl adjacent to an activating group) is 1. The topological polar surface area (TPSA) is 108 Å². The first kappa shape index (κ1) is 86.2. The number of nitrogens with zero attached hydrogens (tertiary/aromatic N) is 1. The summed E-state index contributed by atoms with van der Waals surface area (Å²) in [6, 6.07) is 0. The predicted octanol–water partition coefficient (Wildman–Crippen LogP) is 24.9. The first-order valence-electron chi connectivity index (χ1n) is 37.8. The molecule has 0 bridgehead atoms. The highest BCUT2D eigenvalue weighted by molar-refractivity contribution is 7.47. The van der Waals surface area contributed by atoms with Gasteiger partial charge in [-0.2, -0.15) is 0 Å². The molecule has 0 fully saturated rings. The second kappa shape index (κ2) is 69.5. The minimum atomic E-state index is -4.39. The average molecular weight is 1270 g/mol. The largest absolute Gasteiger partial charge is 0.472 e. The Balaban J connectivity index is 3.99. The molecule has 0 aliphatic rings. The van der Waals surface area contributed by atoms with Crippen molar-refractivity contribution in [1.29, 1.82) is 0 Å². The summed E-state index contributed by atoms with van der Waals surface area (Å²) in [4.78, 5) is 35.9. The van der Waals surface area contributed by atoms with E-state index in [1.807, 2.05) is 21.1 Å². The van der Waals surface area contributed by atoms with Crippen LogP contribution in [-0.2, 0) is 32.7 Å². The van der Waals surface area contributed by atoms with Crippen molar-refractivity contribution in [3.05, 3.63) is 85.1 Å². The van der Waals surface area contributed by atoms with Gasteiger partial charge in [-0.05, 0) is 70.6 Å². The molecule has 0 aromatic rings. The van der Waals surface area contributed by atoms with E-state index in [0.717, 1.165) is 77.0 Å². The molecule has 0 spiro atoms. The molecule has 0 aromatic heterocycles. The van der Waals surface area contributed by atoms with E-state index < -0.39 is 26.5 Å². The van der Waals surface area contributed by atoms with E-state index in [4.69, 9.17) is 18.5 Å². The van der Waals surface area contributed by atoms with E-state index in [2.05, 4.69) is 98.9 Å². The maximum atomic E-state index is 12.9. The highest BCUT2D eigenvalue weighted by atomic mass is 31.2. The zero-order chi connectivity index (χ0) is 64.8. The van der Waals surface area contributed by atoms with Crippen LogP contribution in [0, 0.1) is 0 Å². The molecule has 0 aliphatic carbocycles. The molecule has 0 saturated carbocycles. The molecule has 518 valence electrons. The number of phosphoric ester groups is 1. The smallest absolute Gasteiger partial charge is 0.462 e. The Morgan fingerprint density at radius 3 is 0.955 bits per heavy atom. The Hall–Kier alpha value is -2.81. The quantitative estimate of drug-likeness (QED) is 0.0211. The lowest BCUT2D eigenvalue weighted by Gasteiger charge is -2.24. The van der Waals surface area contributed by atoms with Crippen molar-refractivity contribution in [2.24, 2.45) is 0 Å². The fourth-order valence-corrected chi connectivity index (χ4v) is 11.7. The van der Waals surface area contributed by atoms with Gasteiger partial charge in [0.05, 0.1) is 27.7 Å². The van der Waals surface area contributed by atoms with E-state index in [9.17, 15) is 19.0 Å². The molecule has 2 unspecified atom stereocenters. The van der Waals surface area contributed by atoms with E-state index in [1.165, 1.54) is 244 Å². The third kappa shape index (κ3) is 74.1. The van der Waals surface area contributed by atoms with Crippen LogP contribution in [0.15, 0.2) is 85.1 Å². The van der Waals surface area contributed by atoms with E-state index in [0.29, 0.717) is 23.9 Å². The van der Waals surface area contributed by atoms with Gasteiger partial charge in [-0.15, -0.1) is 0 Å². The van der Waals surface area contributed by atoms with Gasteiger partial charge in [-0.3, -0.25) is 18.6 Å². The van der Waals surface area contributed by atoms with Crippen molar-refractivity contribution in [3.8, 4) is 0 Å². The molecule has 10 heteroatoms. The number of carbonyl (C=O) groups is 2. The van der Waals surface area contributed by atoms with Gasteiger partial charge in [0.2, 0.25) is 0 Å². The molecular formula is C79H145NO8P+. The summed E-state index contributed by atoms with van der Waals surface area (Å²) in [7, 11) is 1.49. The molecule has 0 saturated heterocycles. The van der Waals surface area contributed by atoms with Gasteiger partial charge in [0.1, 0.15) is 19.8 Å². The van der Waals surface area contributed by atoms with Crippen LogP contribution in [0.5, 0.6) is 0 Å². The number of ether oxygens (including phenoxy) is 2. The van der Waals surface area contributed by atoms with Crippen molar-refractivity contribution in [2.45, 2.75) is 360 Å². The summed E-state index contributed by atoms with van der Waals surface area (Å²) in [5, 5.41) is 0. The third-order valence-corrected chi connectivity index (χ3v) is 17.7. The second-order valence-corrected chi connectivity index (χ2v) is 28.1. The van der Waals surface area contributed by atoms with Crippen molar-refractivity contribution < 1.29 is 42.1 Å². The Morgan fingerprint density at radius 1 is 0.360 bits per heavy atom. The minimum absolute atomic E-state index is 0.0318. The fraction of sp³-hybridized carbons (Fsp3) is 0.797. The first-order valence-corrected chi connectivity index (χ1v) is 39.3. The minimum Gasteiger partial charge on any atom is -0.462 e. The highest BCUT2D eigenvalue weighted by Crippen LogP contribution is 2.43. The number of unbranched alkanes of at least 4 members (excludes halogenated alkanes) is 42. The highest BCUT2D eigenvalue weighted by Gasteiger charge is 2.27. The zero-order valence-corrected chi connectivity index (χ0v) is 60.1. The van der Waals surface area contributed by atoms with Crippen LogP contribution in [0.2, 0.25) is 0 Å². The lowest BCUT2D eigenvalue weighted by Crippen LogP contribution is -2.37. The number of rotatable bonds is 70. The molecule has 0 amide bonds. The molecular weight excluding hydrogens is 1120 g/mol. The SMILES string of the molecule is CC/C=C\C/C=C\C/C=C\C/C=C\C/C=C\C/C=C\C/C=C\CCCCCCCCCCCCCCCCCC(=O)OC(COC(=O)CCCCCCCCCCCCCCCCCCCCCCCCCCCCCC)COP(=O)(O)OCC[N+](C)(C)C. The third-order valence-electron chi connectivity index (χ3n) is 16.7. The molecule has 0 aliphatic heterocycles. The molecule has 1 N–H and O–H groups in total. The monoisotopic (exact) mass is 1270 g/mol. The summed E-state index contributed by atoms with van der Waals surface area (Å²) in [6.07, 6.45) is 95.7. The number of esters is 2. The molecule has 89 heavy (non-hydrogen) atoms. The molecule has 9 nitrogen and oxygen atoms in total. The Labute approximate surface area is 551 Å². The number of hydrogen-bond donors (Lipinski definition) is 1. The van der Waals surface area contributed by atoms with E-state index in [1.54, 1.807) is 0 Å². The maximum absolute atomic E-state index is 12.9. The van der Waals surface area contributed by atoms with Gasteiger partial charge in [0.25, 0.3) is 0 Å². The second-order valence-electron chi connectivity index (χ2n) is 26.7. The van der Waals surface area contributed by atoms with Crippen LogP contribution < -0.4 is 0 Å². The lowest BCUT2D eigenvalue weighted by atomic mass is 10.0. The molecule has 0 heterocycles. The number of quaternary nitrogens is 1. The van der Waals surface area contributed by atoms with Crippen LogP contribution in [0.1, 0.15) is 354 Å². The van der Waals surface area contributed by atoms with E-state index >= 15 is 0 Å². The number of phosphoric acid groups is 1. The van der Waals surface area contributed by atoms with Gasteiger partial charge in [-0.1, -0.05) is 356 Å². The summed E-state index contributed by atoms with van der Waals surface area (Å²) >= 11 is 0. The van der Waals surface area contributed by atoms with Gasteiger partial charge in [0, 0.05) is 12.8 Å².